The van der Waals surface area contributed by atoms with E-state index in [1.807, 2.05) is 6.92 Å². The number of halogens is 1. The Balaban J connectivity index is 1.91. The molecule has 0 bridgehead atoms. The molecule has 0 aliphatic carbocycles. The van der Waals surface area contributed by atoms with Crippen LogP contribution >= 0.6 is 0 Å². The molecule has 2 rings (SSSR count). The fraction of sp³-hybridized carbons (Fsp3) is 0.176. The highest BCUT2D eigenvalue weighted by Crippen LogP contribution is 2.19. The minimum Gasteiger partial charge on any atom is -0.496 e. The minimum absolute atomic E-state index is 0.294. The number of amides is 1. The van der Waals surface area contributed by atoms with Crippen LogP contribution in [-0.4, -0.2) is 25.6 Å². The monoisotopic (exact) mass is 317 g/mol. The highest BCUT2D eigenvalue weighted by molar-refractivity contribution is 5.95. The van der Waals surface area contributed by atoms with E-state index in [0.29, 0.717) is 17.0 Å². The Labute approximate surface area is 133 Å². The summed E-state index contributed by atoms with van der Waals surface area (Å²) in [5.41, 5.74) is 1.60. The molecular weight excluding hydrogens is 301 g/mol. The minimum atomic E-state index is -0.627. The molecule has 5 nitrogen and oxygen atoms in total. The average molecular weight is 317 g/mol. The van der Waals surface area contributed by atoms with Crippen LogP contribution < -0.4 is 10.1 Å². The summed E-state index contributed by atoms with van der Waals surface area (Å²) in [6, 6.07) is 10.2. The number of rotatable bonds is 5. The predicted molar refractivity (Wildman–Crippen MR) is 83.0 cm³/mol. The van der Waals surface area contributed by atoms with Crippen molar-refractivity contribution in [2.45, 2.75) is 6.92 Å². The number of carbonyl (C=O) groups excluding carboxylic acids is 2. The van der Waals surface area contributed by atoms with E-state index < -0.39 is 24.3 Å². The van der Waals surface area contributed by atoms with Gasteiger partial charge in [0.1, 0.15) is 11.6 Å². The van der Waals surface area contributed by atoms with Crippen LogP contribution in [0.4, 0.5) is 10.1 Å². The molecule has 0 saturated carbocycles. The lowest BCUT2D eigenvalue weighted by Gasteiger charge is -2.09. The Kier molecular flexibility index (Phi) is 5.30. The van der Waals surface area contributed by atoms with Crippen molar-refractivity contribution < 1.29 is 23.5 Å². The number of hydrogen-bond acceptors (Lipinski definition) is 4. The first-order valence-electron chi connectivity index (χ1n) is 6.87. The van der Waals surface area contributed by atoms with Gasteiger partial charge in [-0.3, -0.25) is 4.79 Å². The van der Waals surface area contributed by atoms with Crippen LogP contribution in [0.15, 0.2) is 42.5 Å². The molecule has 23 heavy (non-hydrogen) atoms. The van der Waals surface area contributed by atoms with Crippen molar-refractivity contribution in [3.63, 3.8) is 0 Å². The van der Waals surface area contributed by atoms with E-state index in [2.05, 4.69) is 5.32 Å². The number of esters is 1. The van der Waals surface area contributed by atoms with Gasteiger partial charge in [-0.15, -0.1) is 0 Å². The smallest absolute Gasteiger partial charge is 0.338 e. The number of nitrogens with one attached hydrogen (secondary N) is 1. The third kappa shape index (κ3) is 4.54. The summed E-state index contributed by atoms with van der Waals surface area (Å²) in [5.74, 6) is -0.973. The summed E-state index contributed by atoms with van der Waals surface area (Å²) >= 11 is 0. The maximum atomic E-state index is 12.8. The maximum absolute atomic E-state index is 12.8. The number of benzene rings is 2. The van der Waals surface area contributed by atoms with E-state index in [9.17, 15) is 14.0 Å². The molecule has 0 aliphatic rings. The molecule has 1 amide bonds. The van der Waals surface area contributed by atoms with Crippen LogP contribution in [0.2, 0.25) is 0 Å². The molecular formula is C17H16FNO4. The van der Waals surface area contributed by atoms with Gasteiger partial charge in [0.2, 0.25) is 0 Å². The van der Waals surface area contributed by atoms with E-state index in [1.165, 1.54) is 31.4 Å². The standard InChI is InChI=1S/C17H16FNO4/c1-11-3-4-12(9-15(11)22-2)17(21)23-10-16(20)19-14-7-5-13(18)6-8-14/h3-9H,10H2,1-2H3,(H,19,20). The lowest BCUT2D eigenvalue weighted by atomic mass is 10.1. The highest BCUT2D eigenvalue weighted by atomic mass is 19.1. The molecule has 2 aromatic rings. The molecule has 0 unspecified atom stereocenters. The number of carbonyl (C=O) groups is 2. The van der Waals surface area contributed by atoms with Crippen molar-refractivity contribution in [3.05, 3.63) is 59.4 Å². The molecule has 120 valence electrons. The second-order valence-corrected chi connectivity index (χ2v) is 4.82. The summed E-state index contributed by atoms with van der Waals surface area (Å²) < 4.78 is 22.8. The molecule has 0 saturated heterocycles. The fourth-order valence-corrected chi connectivity index (χ4v) is 1.89. The van der Waals surface area contributed by atoms with Gasteiger partial charge in [0.15, 0.2) is 6.61 Å². The Morgan fingerprint density at radius 2 is 1.83 bits per heavy atom. The lowest BCUT2D eigenvalue weighted by molar-refractivity contribution is -0.119. The number of aryl methyl sites for hydroxylation is 1. The molecule has 0 atom stereocenters. The highest BCUT2D eigenvalue weighted by Gasteiger charge is 2.12. The van der Waals surface area contributed by atoms with E-state index in [-0.39, 0.29) is 0 Å². The van der Waals surface area contributed by atoms with Gasteiger partial charge in [-0.2, -0.15) is 0 Å². The number of anilines is 1. The quantitative estimate of drug-likeness (QED) is 0.861. The van der Waals surface area contributed by atoms with Crippen molar-refractivity contribution >= 4 is 17.6 Å². The molecule has 0 aromatic heterocycles. The predicted octanol–water partition coefficient (Wildman–Crippen LogP) is 2.94. The summed E-state index contributed by atoms with van der Waals surface area (Å²) in [5, 5.41) is 2.50. The second kappa shape index (κ2) is 7.40. The topological polar surface area (TPSA) is 64.6 Å². The Morgan fingerprint density at radius 3 is 2.48 bits per heavy atom. The normalized spacial score (nSPS) is 10.0. The number of hydrogen-bond donors (Lipinski definition) is 1. The second-order valence-electron chi connectivity index (χ2n) is 4.82. The van der Waals surface area contributed by atoms with Crippen LogP contribution in [0, 0.1) is 12.7 Å². The van der Waals surface area contributed by atoms with Crippen molar-refractivity contribution in [3.8, 4) is 5.75 Å². The zero-order chi connectivity index (χ0) is 16.8. The van der Waals surface area contributed by atoms with E-state index >= 15 is 0 Å². The van der Waals surface area contributed by atoms with Crippen LogP contribution in [0.25, 0.3) is 0 Å². The van der Waals surface area contributed by atoms with E-state index in [4.69, 9.17) is 9.47 Å². The zero-order valence-electron chi connectivity index (χ0n) is 12.8. The molecule has 0 radical (unpaired) electrons. The summed E-state index contributed by atoms with van der Waals surface area (Å²) in [7, 11) is 1.51. The molecule has 6 heteroatoms. The van der Waals surface area contributed by atoms with Gasteiger partial charge in [-0.1, -0.05) is 6.07 Å². The van der Waals surface area contributed by atoms with Gasteiger partial charge in [-0.05, 0) is 48.9 Å². The third-order valence-corrected chi connectivity index (χ3v) is 3.11. The number of ether oxygens (including phenoxy) is 2. The molecule has 0 spiro atoms. The third-order valence-electron chi connectivity index (χ3n) is 3.11. The average Bonchev–Trinajstić information content (AvgIpc) is 2.55. The fourth-order valence-electron chi connectivity index (χ4n) is 1.89. The van der Waals surface area contributed by atoms with Gasteiger partial charge in [0.25, 0.3) is 5.91 Å². The molecule has 2 aromatic carbocycles. The zero-order valence-corrected chi connectivity index (χ0v) is 12.8. The first-order chi connectivity index (χ1) is 11.0. The van der Waals surface area contributed by atoms with Crippen LogP contribution in [0.3, 0.4) is 0 Å². The lowest BCUT2D eigenvalue weighted by Crippen LogP contribution is -2.21. The Morgan fingerprint density at radius 1 is 1.13 bits per heavy atom. The van der Waals surface area contributed by atoms with E-state index in [0.717, 1.165) is 5.56 Å². The van der Waals surface area contributed by atoms with Crippen LogP contribution in [0.5, 0.6) is 5.75 Å². The van der Waals surface area contributed by atoms with E-state index in [1.54, 1.807) is 18.2 Å². The Hall–Kier alpha value is -2.89. The van der Waals surface area contributed by atoms with Gasteiger partial charge in [-0.25, -0.2) is 9.18 Å². The molecule has 0 heterocycles. The summed E-state index contributed by atoms with van der Waals surface area (Å²) in [6.45, 7) is 1.41. The number of methoxy groups -OCH3 is 1. The van der Waals surface area contributed by atoms with Crippen LogP contribution in [0.1, 0.15) is 15.9 Å². The maximum Gasteiger partial charge on any atom is 0.338 e. The largest absolute Gasteiger partial charge is 0.496 e. The molecule has 1 N–H and O–H groups in total. The van der Waals surface area contributed by atoms with Gasteiger partial charge >= 0.3 is 5.97 Å². The summed E-state index contributed by atoms with van der Waals surface area (Å²) in [4.78, 5) is 23.6. The van der Waals surface area contributed by atoms with Crippen LogP contribution in [-0.2, 0) is 9.53 Å². The van der Waals surface area contributed by atoms with Crippen molar-refractivity contribution in [2.24, 2.45) is 0 Å². The van der Waals surface area contributed by atoms with Crippen molar-refractivity contribution in [2.75, 3.05) is 19.0 Å². The van der Waals surface area contributed by atoms with Crippen molar-refractivity contribution in [1.82, 2.24) is 0 Å². The summed E-state index contributed by atoms with van der Waals surface area (Å²) in [6.07, 6.45) is 0. The van der Waals surface area contributed by atoms with Gasteiger partial charge < -0.3 is 14.8 Å². The molecule has 0 aliphatic heterocycles. The SMILES string of the molecule is COc1cc(C(=O)OCC(=O)Nc2ccc(F)cc2)ccc1C. The van der Waals surface area contributed by atoms with Gasteiger partial charge in [0, 0.05) is 5.69 Å². The van der Waals surface area contributed by atoms with Crippen molar-refractivity contribution in [1.29, 1.82) is 0 Å². The van der Waals surface area contributed by atoms with Gasteiger partial charge in [0.05, 0.1) is 12.7 Å². The first-order valence-corrected chi connectivity index (χ1v) is 6.87. The Bertz CT molecular complexity index is 713. The molecule has 0 fully saturated rings. The first kappa shape index (κ1) is 16.5.